The Kier molecular flexibility index (Phi) is 3.34. The molecule has 3 heteroatoms. The van der Waals surface area contributed by atoms with Crippen LogP contribution in [0.1, 0.15) is 13.8 Å². The Hall–Kier alpha value is -0.990. The molecular weight excluding hydrogens is 162 g/mol. The Morgan fingerprint density at radius 1 is 1.46 bits per heavy atom. The molecule has 0 radical (unpaired) electrons. The van der Waals surface area contributed by atoms with Crippen molar-refractivity contribution in [1.82, 2.24) is 9.80 Å². The molecule has 1 aliphatic heterocycles. The second-order valence-electron chi connectivity index (χ2n) is 3.35. The molecule has 13 heavy (non-hydrogen) atoms. The lowest BCUT2D eigenvalue weighted by molar-refractivity contribution is -0.499. The highest BCUT2D eigenvalue weighted by atomic mass is 15.4. The van der Waals surface area contributed by atoms with Gasteiger partial charge in [0.05, 0.1) is 39.9 Å². The molecule has 0 bridgehead atoms. The minimum absolute atomic E-state index is 1.01. The van der Waals surface area contributed by atoms with Gasteiger partial charge in [0.1, 0.15) is 0 Å². The van der Waals surface area contributed by atoms with Gasteiger partial charge in [0.15, 0.2) is 0 Å². The number of guanidine groups is 1. The Morgan fingerprint density at radius 3 is 2.54 bits per heavy atom. The van der Waals surface area contributed by atoms with Crippen LogP contribution < -0.4 is 0 Å². The summed E-state index contributed by atoms with van der Waals surface area (Å²) in [6.45, 7) is 7.52. The average Bonchev–Trinajstić information content (AvgIpc) is 2.11. The van der Waals surface area contributed by atoms with E-state index in [4.69, 9.17) is 0 Å². The number of likely N-dealkylation sites (N-methyl/N-ethyl adjacent to an activating group) is 1. The predicted molar refractivity (Wildman–Crippen MR) is 55.9 cm³/mol. The molecule has 0 spiro atoms. The van der Waals surface area contributed by atoms with Gasteiger partial charge in [-0.1, -0.05) is 0 Å². The predicted octanol–water partition coefficient (Wildman–Crippen LogP) is 0.786. The van der Waals surface area contributed by atoms with E-state index in [-0.39, 0.29) is 0 Å². The minimum Gasteiger partial charge on any atom is -0.265 e. The molecule has 3 nitrogen and oxygen atoms in total. The lowest BCUT2D eigenvalue weighted by Crippen LogP contribution is -2.47. The molecule has 0 saturated carbocycles. The fourth-order valence-electron chi connectivity index (χ4n) is 1.75. The van der Waals surface area contributed by atoms with E-state index in [2.05, 4.69) is 54.6 Å². The van der Waals surface area contributed by atoms with Gasteiger partial charge in [-0.25, -0.2) is 4.90 Å². The van der Waals surface area contributed by atoms with Crippen molar-refractivity contribution < 1.29 is 4.58 Å². The van der Waals surface area contributed by atoms with Crippen molar-refractivity contribution in [2.75, 3.05) is 33.7 Å². The van der Waals surface area contributed by atoms with Gasteiger partial charge in [-0.2, -0.15) is 0 Å². The van der Waals surface area contributed by atoms with Crippen LogP contribution >= 0.6 is 0 Å². The van der Waals surface area contributed by atoms with Gasteiger partial charge < -0.3 is 0 Å². The summed E-state index contributed by atoms with van der Waals surface area (Å²) in [7, 11) is 4.23. The zero-order valence-electron chi connectivity index (χ0n) is 9.12. The third-order valence-electron chi connectivity index (χ3n) is 2.41. The van der Waals surface area contributed by atoms with E-state index < -0.39 is 0 Å². The van der Waals surface area contributed by atoms with Crippen molar-refractivity contribution in [3.63, 3.8) is 0 Å². The summed E-state index contributed by atoms with van der Waals surface area (Å²) >= 11 is 0. The highest BCUT2D eigenvalue weighted by molar-refractivity contribution is 5.76. The van der Waals surface area contributed by atoms with E-state index in [1.165, 1.54) is 5.96 Å². The quantitative estimate of drug-likeness (QED) is 0.584. The molecule has 1 heterocycles. The third kappa shape index (κ3) is 2.02. The van der Waals surface area contributed by atoms with Crippen LogP contribution in [0.4, 0.5) is 0 Å². The molecule has 1 aliphatic rings. The summed E-state index contributed by atoms with van der Waals surface area (Å²) in [5, 5.41) is 0. The van der Waals surface area contributed by atoms with Crippen LogP contribution in [-0.2, 0) is 0 Å². The summed E-state index contributed by atoms with van der Waals surface area (Å²) in [6.07, 6.45) is 4.31. The van der Waals surface area contributed by atoms with Gasteiger partial charge in [-0.3, -0.25) is 9.48 Å². The van der Waals surface area contributed by atoms with Crippen molar-refractivity contribution >= 4 is 5.96 Å². The molecule has 0 aliphatic carbocycles. The van der Waals surface area contributed by atoms with E-state index in [1.54, 1.807) is 0 Å². The first-order valence-electron chi connectivity index (χ1n) is 4.93. The SMILES string of the molecule is CCN(CC)C1=[N+](C)CC=CN1C. The van der Waals surface area contributed by atoms with E-state index in [0.29, 0.717) is 0 Å². The zero-order valence-corrected chi connectivity index (χ0v) is 9.12. The van der Waals surface area contributed by atoms with E-state index in [9.17, 15) is 0 Å². The van der Waals surface area contributed by atoms with E-state index in [0.717, 1.165) is 19.6 Å². The number of hydrogen-bond donors (Lipinski definition) is 0. The van der Waals surface area contributed by atoms with Crippen molar-refractivity contribution in [2.45, 2.75) is 13.8 Å². The lowest BCUT2D eigenvalue weighted by Gasteiger charge is -2.25. The molecular formula is C10H20N3+. The summed E-state index contributed by atoms with van der Waals surface area (Å²) in [5.74, 6) is 1.30. The molecule has 0 aromatic heterocycles. The fraction of sp³-hybridized carbons (Fsp3) is 0.700. The molecule has 0 unspecified atom stereocenters. The first kappa shape index (κ1) is 10.1. The molecule has 1 rings (SSSR count). The van der Waals surface area contributed by atoms with Gasteiger partial charge in [0, 0.05) is 0 Å². The van der Waals surface area contributed by atoms with Crippen LogP contribution in [0.2, 0.25) is 0 Å². The molecule has 0 N–H and O–H groups in total. The number of hydrogen-bond acceptors (Lipinski definition) is 2. The topological polar surface area (TPSA) is 9.49 Å². The van der Waals surface area contributed by atoms with Crippen molar-refractivity contribution in [3.05, 3.63) is 12.3 Å². The van der Waals surface area contributed by atoms with E-state index >= 15 is 0 Å². The first-order chi connectivity index (χ1) is 6.20. The molecule has 0 saturated heterocycles. The van der Waals surface area contributed by atoms with Gasteiger partial charge in [-0.15, -0.1) is 0 Å². The Labute approximate surface area is 81.0 Å². The van der Waals surface area contributed by atoms with Crippen LogP contribution in [-0.4, -0.2) is 54.1 Å². The number of nitrogens with zero attached hydrogens (tertiary/aromatic N) is 3. The standard InChI is InChI=1S/C10H20N3/c1-5-13(6-2)10-11(3)8-7-9-12(10)4/h7-8H,5-6,9H2,1-4H3/q+1. The van der Waals surface area contributed by atoms with Gasteiger partial charge in [0.25, 0.3) is 0 Å². The molecule has 0 aromatic carbocycles. The normalized spacial score (nSPS) is 16.8. The molecule has 0 atom stereocenters. The Balaban J connectivity index is 2.85. The van der Waals surface area contributed by atoms with Crippen LogP contribution in [0.5, 0.6) is 0 Å². The molecule has 0 amide bonds. The maximum Gasteiger partial charge on any atom is 0.354 e. The monoisotopic (exact) mass is 182 g/mol. The van der Waals surface area contributed by atoms with E-state index in [1.807, 2.05) is 0 Å². The van der Waals surface area contributed by atoms with Gasteiger partial charge in [0.2, 0.25) is 0 Å². The minimum atomic E-state index is 1.01. The van der Waals surface area contributed by atoms with Gasteiger partial charge >= 0.3 is 5.96 Å². The number of rotatable bonds is 2. The highest BCUT2D eigenvalue weighted by Gasteiger charge is 2.23. The highest BCUT2D eigenvalue weighted by Crippen LogP contribution is 2.01. The van der Waals surface area contributed by atoms with Crippen LogP contribution in [0.3, 0.4) is 0 Å². The summed E-state index contributed by atoms with van der Waals surface area (Å²) in [4.78, 5) is 4.54. The maximum absolute atomic E-state index is 2.36. The average molecular weight is 182 g/mol. The smallest absolute Gasteiger partial charge is 0.265 e. The maximum atomic E-state index is 2.36. The van der Waals surface area contributed by atoms with Gasteiger partial charge in [-0.05, 0) is 19.9 Å². The second-order valence-corrected chi connectivity index (χ2v) is 3.35. The van der Waals surface area contributed by atoms with Crippen molar-refractivity contribution in [2.24, 2.45) is 0 Å². The summed E-state index contributed by atoms with van der Waals surface area (Å²) in [5.41, 5.74) is 0. The second kappa shape index (κ2) is 4.30. The van der Waals surface area contributed by atoms with Crippen molar-refractivity contribution in [3.8, 4) is 0 Å². The fourth-order valence-corrected chi connectivity index (χ4v) is 1.75. The first-order valence-corrected chi connectivity index (χ1v) is 4.93. The zero-order chi connectivity index (χ0) is 9.84. The lowest BCUT2D eigenvalue weighted by atomic mass is 10.4. The van der Waals surface area contributed by atoms with Crippen LogP contribution in [0.15, 0.2) is 12.3 Å². The summed E-state index contributed by atoms with van der Waals surface area (Å²) in [6, 6.07) is 0. The Morgan fingerprint density at radius 2 is 2.08 bits per heavy atom. The van der Waals surface area contributed by atoms with Crippen LogP contribution in [0.25, 0.3) is 0 Å². The molecule has 0 fully saturated rings. The molecule has 0 aromatic rings. The van der Waals surface area contributed by atoms with Crippen LogP contribution in [0, 0.1) is 0 Å². The van der Waals surface area contributed by atoms with Crippen molar-refractivity contribution in [1.29, 1.82) is 0 Å². The summed E-state index contributed by atoms with van der Waals surface area (Å²) < 4.78 is 2.27. The third-order valence-corrected chi connectivity index (χ3v) is 2.41. The molecule has 74 valence electrons. The largest absolute Gasteiger partial charge is 0.354 e. The Bertz CT molecular complexity index is 226.